The fraction of sp³-hybridized carbons (Fsp3) is 0.581. The Hall–Kier alpha value is -3.73. The Bertz CT molecular complexity index is 1320. The second kappa shape index (κ2) is 12.2. The number of fused-ring (bicyclic) bond motifs is 1. The first-order chi connectivity index (χ1) is 20.0. The first kappa shape index (κ1) is 29.8. The van der Waals surface area contributed by atoms with Crippen LogP contribution in [-0.2, 0) is 23.2 Å². The summed E-state index contributed by atoms with van der Waals surface area (Å²) >= 11 is 0. The van der Waals surface area contributed by atoms with Crippen molar-refractivity contribution in [1.29, 1.82) is 0 Å². The van der Waals surface area contributed by atoms with Crippen LogP contribution in [0.2, 0.25) is 0 Å². The quantitative estimate of drug-likeness (QED) is 0.494. The fourth-order valence-corrected chi connectivity index (χ4v) is 6.34. The van der Waals surface area contributed by atoms with Gasteiger partial charge in [-0.2, -0.15) is 0 Å². The van der Waals surface area contributed by atoms with Crippen LogP contribution in [0.3, 0.4) is 0 Å². The summed E-state index contributed by atoms with van der Waals surface area (Å²) < 4.78 is 0. The summed E-state index contributed by atoms with van der Waals surface area (Å²) in [5.74, 6) is 1.03. The van der Waals surface area contributed by atoms with Crippen LogP contribution in [0.25, 0.3) is 0 Å². The Balaban J connectivity index is 1.32. The van der Waals surface area contributed by atoms with Gasteiger partial charge in [0, 0.05) is 69.8 Å². The summed E-state index contributed by atoms with van der Waals surface area (Å²) in [6.45, 7) is 11.4. The number of nitrogens with zero attached hydrogens (tertiary/aromatic N) is 5. The van der Waals surface area contributed by atoms with Crippen LogP contribution >= 0.6 is 0 Å². The summed E-state index contributed by atoms with van der Waals surface area (Å²) in [7, 11) is 0. The van der Waals surface area contributed by atoms with E-state index in [-0.39, 0.29) is 35.9 Å². The Morgan fingerprint density at radius 1 is 0.952 bits per heavy atom. The molecule has 0 bridgehead atoms. The molecule has 5 rings (SSSR count). The highest BCUT2D eigenvalue weighted by Crippen LogP contribution is 2.27. The van der Waals surface area contributed by atoms with Crippen molar-refractivity contribution >= 4 is 23.7 Å². The van der Waals surface area contributed by atoms with Crippen LogP contribution in [0.15, 0.2) is 30.3 Å². The summed E-state index contributed by atoms with van der Waals surface area (Å²) in [5, 5.41) is 15.9. The van der Waals surface area contributed by atoms with Gasteiger partial charge in [0.25, 0.3) is 5.91 Å². The van der Waals surface area contributed by atoms with Gasteiger partial charge in [0.1, 0.15) is 17.3 Å². The van der Waals surface area contributed by atoms with E-state index in [1.165, 1.54) is 11.1 Å². The van der Waals surface area contributed by atoms with Gasteiger partial charge < -0.3 is 25.5 Å². The zero-order chi connectivity index (χ0) is 30.0. The third-order valence-electron chi connectivity index (χ3n) is 8.71. The van der Waals surface area contributed by atoms with E-state index in [4.69, 9.17) is 4.98 Å². The number of hydrogen-bond donors (Lipinski definition) is 3. The molecule has 3 aliphatic heterocycles. The van der Waals surface area contributed by atoms with Gasteiger partial charge in [0.05, 0.1) is 6.04 Å². The van der Waals surface area contributed by atoms with Crippen molar-refractivity contribution in [2.45, 2.75) is 83.5 Å². The Kier molecular flexibility index (Phi) is 8.68. The molecule has 1 aromatic heterocycles. The maximum absolute atomic E-state index is 13.9. The lowest BCUT2D eigenvalue weighted by atomic mass is 9.92. The lowest BCUT2D eigenvalue weighted by Gasteiger charge is -2.45. The smallest absolute Gasteiger partial charge is 0.404 e. The molecule has 0 radical (unpaired) electrons. The molecule has 0 unspecified atom stereocenters. The van der Waals surface area contributed by atoms with E-state index in [9.17, 15) is 19.5 Å². The van der Waals surface area contributed by atoms with E-state index < -0.39 is 12.1 Å². The number of benzene rings is 1. The van der Waals surface area contributed by atoms with Crippen molar-refractivity contribution in [1.82, 2.24) is 30.0 Å². The van der Waals surface area contributed by atoms with Gasteiger partial charge in [-0.05, 0) is 36.8 Å². The molecule has 0 spiro atoms. The van der Waals surface area contributed by atoms with E-state index in [0.717, 1.165) is 32.4 Å². The van der Waals surface area contributed by atoms with E-state index in [1.54, 1.807) is 17.9 Å². The second-order valence-corrected chi connectivity index (χ2v) is 12.8. The number of likely N-dealkylation sites (tertiary alicyclic amines) is 2. The molecule has 3 amide bonds. The van der Waals surface area contributed by atoms with Gasteiger partial charge in [0.2, 0.25) is 5.91 Å². The van der Waals surface area contributed by atoms with E-state index in [2.05, 4.69) is 38.7 Å². The highest BCUT2D eigenvalue weighted by atomic mass is 16.4. The van der Waals surface area contributed by atoms with Crippen LogP contribution < -0.4 is 10.6 Å². The number of carbonyl (C=O) groups is 3. The number of hydrogen-bond acceptors (Lipinski definition) is 7. The van der Waals surface area contributed by atoms with Crippen molar-refractivity contribution in [2.75, 3.05) is 38.0 Å². The average Bonchev–Trinajstić information content (AvgIpc) is 2.96. The van der Waals surface area contributed by atoms with Gasteiger partial charge in [-0.3, -0.25) is 14.5 Å². The highest BCUT2D eigenvalue weighted by molar-refractivity contribution is 5.93. The molecule has 0 saturated carbocycles. The summed E-state index contributed by atoms with van der Waals surface area (Å²) in [6.07, 6.45) is 2.10. The second-order valence-electron chi connectivity index (χ2n) is 12.8. The monoisotopic (exact) mass is 577 g/mol. The largest absolute Gasteiger partial charge is 0.465 e. The number of carbonyl (C=O) groups excluding carboxylic acids is 2. The molecule has 11 nitrogen and oxygen atoms in total. The number of nitrogens with one attached hydrogen (secondary N) is 2. The van der Waals surface area contributed by atoms with Crippen LogP contribution in [0.4, 0.5) is 10.6 Å². The molecule has 3 aliphatic rings. The zero-order valence-electron chi connectivity index (χ0n) is 25.1. The maximum Gasteiger partial charge on any atom is 0.404 e. The number of carboxylic acid groups (broad SMARTS) is 1. The molecule has 2 fully saturated rings. The molecule has 11 heteroatoms. The van der Waals surface area contributed by atoms with Gasteiger partial charge in [-0.25, -0.2) is 14.8 Å². The summed E-state index contributed by atoms with van der Waals surface area (Å²) in [5.41, 5.74) is 2.55. The molecular weight excluding hydrogens is 534 g/mol. The number of piperidine rings is 2. The van der Waals surface area contributed by atoms with E-state index in [0.29, 0.717) is 43.4 Å². The van der Waals surface area contributed by atoms with E-state index >= 15 is 0 Å². The molecule has 226 valence electrons. The number of aromatic nitrogens is 2. The van der Waals surface area contributed by atoms with Gasteiger partial charge in [-0.1, -0.05) is 45.0 Å². The molecule has 4 heterocycles. The van der Waals surface area contributed by atoms with Gasteiger partial charge in [0.15, 0.2) is 0 Å². The minimum absolute atomic E-state index is 0.00728. The van der Waals surface area contributed by atoms with Crippen molar-refractivity contribution in [3.8, 4) is 0 Å². The lowest BCUT2D eigenvalue weighted by molar-refractivity contribution is -0.129. The number of anilines is 1. The molecule has 42 heavy (non-hydrogen) atoms. The minimum Gasteiger partial charge on any atom is -0.465 e. The van der Waals surface area contributed by atoms with Crippen LogP contribution in [0.1, 0.15) is 74.4 Å². The third kappa shape index (κ3) is 6.83. The highest BCUT2D eigenvalue weighted by Gasteiger charge is 2.38. The number of amides is 3. The SMILES string of the molecule is CC(=O)N1CCC(Nc2cc(C(=O)N3CC[C@@H](N4CCc5ccccc5C4)[C@H](NC(=O)O)C3)nc(C(C)(C)C)n2)CC1. The Morgan fingerprint density at radius 2 is 1.64 bits per heavy atom. The topological polar surface area (TPSA) is 131 Å². The van der Waals surface area contributed by atoms with Crippen molar-refractivity contribution < 1.29 is 19.5 Å². The molecule has 2 aromatic rings. The van der Waals surface area contributed by atoms with Gasteiger partial charge in [-0.15, -0.1) is 0 Å². The average molecular weight is 578 g/mol. The molecule has 2 saturated heterocycles. The van der Waals surface area contributed by atoms with Crippen molar-refractivity contribution in [3.05, 3.63) is 53.0 Å². The summed E-state index contributed by atoms with van der Waals surface area (Å²) in [4.78, 5) is 52.8. The van der Waals surface area contributed by atoms with Crippen molar-refractivity contribution in [2.24, 2.45) is 0 Å². The maximum atomic E-state index is 13.9. The standard InChI is InChI=1S/C31H43N7O4/c1-20(39)36-14-10-23(11-15-36)32-27-17-24(33-29(35-27)31(2,3)4)28(40)38-16-12-26(25(19-38)34-30(41)42)37-13-9-21-7-5-6-8-22(21)18-37/h5-8,17,23,25-26,34H,9-16,18-19H2,1-4H3,(H,41,42)(H,32,33,35)/t25-,26-/m1/s1. The first-order valence-electron chi connectivity index (χ1n) is 15.0. The molecule has 3 N–H and O–H groups in total. The minimum atomic E-state index is -1.09. The van der Waals surface area contributed by atoms with Gasteiger partial charge >= 0.3 is 6.09 Å². The molecular formula is C31H43N7O4. The first-order valence-corrected chi connectivity index (χ1v) is 15.0. The molecule has 0 aliphatic carbocycles. The molecule has 1 aromatic carbocycles. The normalized spacial score (nSPS) is 21.9. The Morgan fingerprint density at radius 3 is 2.31 bits per heavy atom. The van der Waals surface area contributed by atoms with E-state index in [1.807, 2.05) is 31.7 Å². The molecule has 2 atom stereocenters. The van der Waals surface area contributed by atoms with Crippen LogP contribution in [0.5, 0.6) is 0 Å². The number of rotatable bonds is 5. The Labute approximate surface area is 247 Å². The third-order valence-corrected chi connectivity index (χ3v) is 8.71. The fourth-order valence-electron chi connectivity index (χ4n) is 6.34. The van der Waals surface area contributed by atoms with Crippen LogP contribution in [-0.4, -0.2) is 98.5 Å². The summed E-state index contributed by atoms with van der Waals surface area (Å²) in [6, 6.07) is 9.83. The lowest BCUT2D eigenvalue weighted by Crippen LogP contribution is -2.61. The predicted octanol–water partition coefficient (Wildman–Crippen LogP) is 3.11. The zero-order valence-corrected chi connectivity index (χ0v) is 25.1. The van der Waals surface area contributed by atoms with Crippen LogP contribution in [0, 0.1) is 0 Å². The van der Waals surface area contributed by atoms with Crippen molar-refractivity contribution in [3.63, 3.8) is 0 Å². The predicted molar refractivity (Wildman–Crippen MR) is 159 cm³/mol.